The average Bonchev–Trinajstić information content (AvgIpc) is 2.16. The SMILES string of the molecule is CC(O)(CCC(=O)O)c1ccc(Cl)cc1. The van der Waals surface area contributed by atoms with Crippen LogP contribution in [-0.4, -0.2) is 16.2 Å². The van der Waals surface area contributed by atoms with Crippen LogP contribution in [0.15, 0.2) is 24.3 Å². The first-order valence-corrected chi connectivity index (χ1v) is 5.00. The Labute approximate surface area is 93.3 Å². The number of hydrogen-bond donors (Lipinski definition) is 2. The maximum atomic E-state index is 10.4. The fraction of sp³-hybridized carbons (Fsp3) is 0.364. The average molecular weight is 229 g/mol. The van der Waals surface area contributed by atoms with Crippen LogP contribution < -0.4 is 0 Å². The summed E-state index contributed by atoms with van der Waals surface area (Å²) in [7, 11) is 0. The highest BCUT2D eigenvalue weighted by molar-refractivity contribution is 6.30. The second-order valence-corrected chi connectivity index (χ2v) is 4.11. The van der Waals surface area contributed by atoms with Gasteiger partial charge in [-0.15, -0.1) is 0 Å². The van der Waals surface area contributed by atoms with E-state index >= 15 is 0 Å². The van der Waals surface area contributed by atoms with Gasteiger partial charge in [0.15, 0.2) is 0 Å². The molecule has 0 fully saturated rings. The molecule has 1 atom stereocenters. The topological polar surface area (TPSA) is 57.5 Å². The summed E-state index contributed by atoms with van der Waals surface area (Å²) in [5.74, 6) is -0.913. The van der Waals surface area contributed by atoms with Crippen molar-refractivity contribution in [2.45, 2.75) is 25.4 Å². The molecular formula is C11H13ClO3. The van der Waals surface area contributed by atoms with Crippen molar-refractivity contribution in [3.63, 3.8) is 0 Å². The lowest BCUT2D eigenvalue weighted by molar-refractivity contribution is -0.138. The van der Waals surface area contributed by atoms with Gasteiger partial charge < -0.3 is 10.2 Å². The molecule has 0 aromatic heterocycles. The van der Waals surface area contributed by atoms with E-state index in [1.807, 2.05) is 0 Å². The van der Waals surface area contributed by atoms with Crippen LogP contribution in [-0.2, 0) is 10.4 Å². The molecule has 0 saturated heterocycles. The molecule has 15 heavy (non-hydrogen) atoms. The summed E-state index contributed by atoms with van der Waals surface area (Å²) in [5.41, 5.74) is -0.448. The molecule has 1 unspecified atom stereocenters. The van der Waals surface area contributed by atoms with Gasteiger partial charge in [-0.05, 0) is 31.0 Å². The van der Waals surface area contributed by atoms with E-state index in [1.54, 1.807) is 31.2 Å². The van der Waals surface area contributed by atoms with Crippen LogP contribution >= 0.6 is 11.6 Å². The quantitative estimate of drug-likeness (QED) is 0.832. The van der Waals surface area contributed by atoms with Gasteiger partial charge in [0.25, 0.3) is 0 Å². The minimum atomic E-state index is -1.12. The molecule has 0 bridgehead atoms. The van der Waals surface area contributed by atoms with E-state index in [4.69, 9.17) is 16.7 Å². The molecule has 1 rings (SSSR count). The largest absolute Gasteiger partial charge is 0.481 e. The molecule has 0 amide bonds. The number of hydrogen-bond acceptors (Lipinski definition) is 2. The third kappa shape index (κ3) is 3.53. The summed E-state index contributed by atoms with van der Waals surface area (Å²) in [6, 6.07) is 6.74. The Hall–Kier alpha value is -1.06. The normalized spacial score (nSPS) is 14.6. The van der Waals surface area contributed by atoms with Crippen LogP contribution in [0.25, 0.3) is 0 Å². The highest BCUT2D eigenvalue weighted by Crippen LogP contribution is 2.26. The number of carboxylic acids is 1. The van der Waals surface area contributed by atoms with Crippen LogP contribution in [0.3, 0.4) is 0 Å². The molecule has 82 valence electrons. The van der Waals surface area contributed by atoms with Crippen molar-refractivity contribution in [2.75, 3.05) is 0 Å². The summed E-state index contributed by atoms with van der Waals surface area (Å²) in [5, 5.41) is 19.1. The van der Waals surface area contributed by atoms with Gasteiger partial charge in [0, 0.05) is 11.4 Å². The predicted molar refractivity (Wildman–Crippen MR) is 57.9 cm³/mol. The summed E-state index contributed by atoms with van der Waals surface area (Å²) < 4.78 is 0. The zero-order valence-corrected chi connectivity index (χ0v) is 9.16. The molecule has 0 heterocycles. The van der Waals surface area contributed by atoms with Crippen LogP contribution in [0.1, 0.15) is 25.3 Å². The van der Waals surface area contributed by atoms with Gasteiger partial charge in [-0.3, -0.25) is 4.79 Å². The lowest BCUT2D eigenvalue weighted by Crippen LogP contribution is -2.22. The predicted octanol–water partition coefficient (Wildman–Crippen LogP) is 2.41. The first kappa shape index (κ1) is 12.0. The first-order valence-electron chi connectivity index (χ1n) is 4.62. The Morgan fingerprint density at radius 2 is 1.93 bits per heavy atom. The van der Waals surface area contributed by atoms with Crippen LogP contribution in [0.5, 0.6) is 0 Å². The number of aliphatic carboxylic acids is 1. The van der Waals surface area contributed by atoms with Crippen LogP contribution in [0.2, 0.25) is 5.02 Å². The fourth-order valence-corrected chi connectivity index (χ4v) is 1.43. The molecule has 2 N–H and O–H groups in total. The van der Waals surface area contributed by atoms with Crippen molar-refractivity contribution in [3.8, 4) is 0 Å². The second kappa shape index (κ2) is 4.64. The van der Waals surface area contributed by atoms with E-state index in [0.717, 1.165) is 0 Å². The number of carboxylic acid groups (broad SMARTS) is 1. The van der Waals surface area contributed by atoms with Gasteiger partial charge >= 0.3 is 5.97 Å². The number of aliphatic hydroxyl groups is 1. The number of halogens is 1. The molecule has 1 aromatic rings. The maximum Gasteiger partial charge on any atom is 0.303 e. The minimum absolute atomic E-state index is 0.0599. The first-order chi connectivity index (χ1) is 6.92. The lowest BCUT2D eigenvalue weighted by atomic mass is 9.91. The molecule has 0 aliphatic rings. The molecule has 0 radical (unpaired) electrons. The number of rotatable bonds is 4. The summed E-state index contributed by atoms with van der Waals surface area (Å²) >= 11 is 5.71. The summed E-state index contributed by atoms with van der Waals surface area (Å²) in [4.78, 5) is 10.4. The standard InChI is InChI=1S/C11H13ClO3/c1-11(15,7-6-10(13)14)8-2-4-9(12)5-3-8/h2-5,15H,6-7H2,1H3,(H,13,14). The van der Waals surface area contributed by atoms with Gasteiger partial charge in [0.05, 0.1) is 5.60 Å². The highest BCUT2D eigenvalue weighted by atomic mass is 35.5. The molecule has 0 aliphatic heterocycles. The Bertz CT molecular complexity index is 343. The van der Waals surface area contributed by atoms with E-state index in [9.17, 15) is 9.90 Å². The third-order valence-electron chi connectivity index (χ3n) is 2.29. The Morgan fingerprint density at radius 1 is 1.40 bits per heavy atom. The van der Waals surface area contributed by atoms with Gasteiger partial charge in [0.2, 0.25) is 0 Å². The lowest BCUT2D eigenvalue weighted by Gasteiger charge is -2.23. The van der Waals surface area contributed by atoms with E-state index in [1.165, 1.54) is 0 Å². The minimum Gasteiger partial charge on any atom is -0.481 e. The maximum absolute atomic E-state index is 10.4. The molecule has 1 aromatic carbocycles. The smallest absolute Gasteiger partial charge is 0.303 e. The van der Waals surface area contributed by atoms with Crippen molar-refractivity contribution >= 4 is 17.6 Å². The molecule has 3 nitrogen and oxygen atoms in total. The second-order valence-electron chi connectivity index (χ2n) is 3.67. The highest BCUT2D eigenvalue weighted by Gasteiger charge is 2.23. The van der Waals surface area contributed by atoms with Crippen molar-refractivity contribution < 1.29 is 15.0 Å². The van der Waals surface area contributed by atoms with Gasteiger partial charge in [-0.25, -0.2) is 0 Å². The third-order valence-corrected chi connectivity index (χ3v) is 2.54. The number of benzene rings is 1. The van der Waals surface area contributed by atoms with E-state index in [-0.39, 0.29) is 12.8 Å². The molecule has 0 saturated carbocycles. The summed E-state index contributed by atoms with van der Waals surface area (Å²) in [6.45, 7) is 1.60. The van der Waals surface area contributed by atoms with Gasteiger partial charge in [-0.1, -0.05) is 23.7 Å². The van der Waals surface area contributed by atoms with Crippen LogP contribution in [0.4, 0.5) is 0 Å². The molecular weight excluding hydrogens is 216 g/mol. The molecule has 0 spiro atoms. The number of carbonyl (C=O) groups is 1. The zero-order valence-electron chi connectivity index (χ0n) is 8.40. The van der Waals surface area contributed by atoms with Crippen molar-refractivity contribution in [1.82, 2.24) is 0 Å². The Morgan fingerprint density at radius 3 is 2.40 bits per heavy atom. The fourth-order valence-electron chi connectivity index (χ4n) is 1.30. The van der Waals surface area contributed by atoms with Gasteiger partial charge in [-0.2, -0.15) is 0 Å². The van der Waals surface area contributed by atoms with Crippen molar-refractivity contribution in [2.24, 2.45) is 0 Å². The van der Waals surface area contributed by atoms with E-state index in [2.05, 4.69) is 0 Å². The molecule has 4 heteroatoms. The molecule has 0 aliphatic carbocycles. The Kier molecular flexibility index (Phi) is 3.72. The van der Waals surface area contributed by atoms with Crippen LogP contribution in [0, 0.1) is 0 Å². The van der Waals surface area contributed by atoms with E-state index < -0.39 is 11.6 Å². The Balaban J connectivity index is 2.76. The van der Waals surface area contributed by atoms with E-state index in [0.29, 0.717) is 10.6 Å². The van der Waals surface area contributed by atoms with Gasteiger partial charge in [0.1, 0.15) is 0 Å². The monoisotopic (exact) mass is 228 g/mol. The summed E-state index contributed by atoms with van der Waals surface area (Å²) in [6.07, 6.45) is 0.125. The van der Waals surface area contributed by atoms with Crippen molar-refractivity contribution in [3.05, 3.63) is 34.9 Å². The van der Waals surface area contributed by atoms with Crippen molar-refractivity contribution in [1.29, 1.82) is 0 Å². The zero-order chi connectivity index (χ0) is 11.5.